The van der Waals surface area contributed by atoms with Gasteiger partial charge in [-0.15, -0.1) is 23.1 Å². The maximum absolute atomic E-state index is 12.4. The third-order valence-corrected chi connectivity index (χ3v) is 7.57. The smallest absolute Gasteiger partial charge is 0.325 e. The van der Waals surface area contributed by atoms with Crippen LogP contribution in [0.3, 0.4) is 0 Å². The van der Waals surface area contributed by atoms with E-state index in [1.165, 1.54) is 15.3 Å². The van der Waals surface area contributed by atoms with Gasteiger partial charge in [0.15, 0.2) is 0 Å². The number of amides is 3. The van der Waals surface area contributed by atoms with Crippen LogP contribution in [-0.4, -0.2) is 75.8 Å². The number of imide groups is 1. The van der Waals surface area contributed by atoms with E-state index in [1.807, 2.05) is 0 Å². The van der Waals surface area contributed by atoms with E-state index in [4.69, 9.17) is 14.7 Å². The molecule has 0 unspecified atom stereocenters. The Labute approximate surface area is 184 Å². The molecule has 0 spiro atoms. The van der Waals surface area contributed by atoms with Crippen molar-refractivity contribution in [2.24, 2.45) is 0 Å². The van der Waals surface area contributed by atoms with Gasteiger partial charge < -0.3 is 10.1 Å². The fourth-order valence-electron chi connectivity index (χ4n) is 3.64. The van der Waals surface area contributed by atoms with Crippen molar-refractivity contribution in [2.45, 2.75) is 44.8 Å². The first-order valence-electron chi connectivity index (χ1n) is 10.1. The minimum absolute atomic E-state index is 0.184. The van der Waals surface area contributed by atoms with Crippen molar-refractivity contribution in [3.05, 3.63) is 16.3 Å². The first kappa shape index (κ1) is 21.5. The lowest BCUT2D eigenvalue weighted by Crippen LogP contribution is -2.40. The molecular weight excluding hydrogens is 422 g/mol. The summed E-state index contributed by atoms with van der Waals surface area (Å²) in [5, 5.41) is 4.74. The number of aromatic nitrogens is 2. The molecule has 3 amide bonds. The molecule has 1 N–H and O–H groups in total. The largest absolute Gasteiger partial charge is 0.379 e. The van der Waals surface area contributed by atoms with Gasteiger partial charge in [0.05, 0.1) is 19.8 Å². The van der Waals surface area contributed by atoms with Crippen LogP contribution in [0, 0.1) is 13.8 Å². The van der Waals surface area contributed by atoms with Gasteiger partial charge in [-0.3, -0.25) is 14.6 Å². The number of morpholine rings is 1. The van der Waals surface area contributed by atoms with Gasteiger partial charge in [0.2, 0.25) is 0 Å². The molecule has 0 saturated carbocycles. The van der Waals surface area contributed by atoms with Gasteiger partial charge in [0, 0.05) is 35.7 Å². The van der Waals surface area contributed by atoms with E-state index >= 15 is 0 Å². The zero-order valence-corrected chi connectivity index (χ0v) is 19.4. The molecule has 30 heavy (non-hydrogen) atoms. The van der Waals surface area contributed by atoms with Crippen LogP contribution >= 0.6 is 23.1 Å². The highest BCUT2D eigenvalue weighted by atomic mass is 32.2. The summed E-state index contributed by atoms with van der Waals surface area (Å²) in [5.41, 5.74) is 0.364. The topological polar surface area (TPSA) is 87.7 Å². The minimum Gasteiger partial charge on any atom is -0.379 e. The summed E-state index contributed by atoms with van der Waals surface area (Å²) in [6, 6.07) is -0.325. The predicted octanol–water partition coefficient (Wildman–Crippen LogP) is 2.56. The molecule has 162 valence electrons. The van der Waals surface area contributed by atoms with Crippen molar-refractivity contribution in [3.8, 4) is 0 Å². The SMILES string of the molecule is Cc1sc2nc(CN3CCOCC3)nc(SCCN3C(=O)NC(C)(C)C3=O)c2c1C. The van der Waals surface area contributed by atoms with E-state index in [-0.39, 0.29) is 11.9 Å². The molecule has 2 saturated heterocycles. The summed E-state index contributed by atoms with van der Waals surface area (Å²) in [5.74, 6) is 1.22. The summed E-state index contributed by atoms with van der Waals surface area (Å²) in [6.07, 6.45) is 0. The van der Waals surface area contributed by atoms with Crippen molar-refractivity contribution < 1.29 is 14.3 Å². The van der Waals surface area contributed by atoms with Crippen LogP contribution in [0.2, 0.25) is 0 Å². The molecule has 2 aliphatic rings. The highest BCUT2D eigenvalue weighted by molar-refractivity contribution is 7.99. The Morgan fingerprint density at radius 1 is 1.20 bits per heavy atom. The molecular formula is C20H27N5O3S2. The summed E-state index contributed by atoms with van der Waals surface area (Å²) in [6.45, 7) is 12.0. The number of carbonyl (C=O) groups is 2. The third-order valence-electron chi connectivity index (χ3n) is 5.51. The van der Waals surface area contributed by atoms with Gasteiger partial charge in [-0.05, 0) is 33.3 Å². The molecule has 8 nitrogen and oxygen atoms in total. The van der Waals surface area contributed by atoms with Crippen LogP contribution < -0.4 is 5.32 Å². The molecule has 0 radical (unpaired) electrons. The van der Waals surface area contributed by atoms with Gasteiger partial charge in [0.25, 0.3) is 5.91 Å². The molecule has 4 rings (SSSR count). The first-order chi connectivity index (χ1) is 14.3. The lowest BCUT2D eigenvalue weighted by molar-refractivity contribution is -0.130. The number of nitrogens with one attached hydrogen (secondary N) is 1. The average Bonchev–Trinajstić information content (AvgIpc) is 3.08. The van der Waals surface area contributed by atoms with Gasteiger partial charge in [-0.1, -0.05) is 0 Å². The molecule has 10 heteroatoms. The van der Waals surface area contributed by atoms with Crippen molar-refractivity contribution in [3.63, 3.8) is 0 Å². The molecule has 0 aromatic carbocycles. The van der Waals surface area contributed by atoms with Gasteiger partial charge in [-0.2, -0.15) is 0 Å². The van der Waals surface area contributed by atoms with Crippen molar-refractivity contribution in [1.29, 1.82) is 0 Å². The number of thioether (sulfide) groups is 1. The molecule has 0 aliphatic carbocycles. The number of hydrogen-bond acceptors (Lipinski definition) is 8. The molecule has 0 bridgehead atoms. The summed E-state index contributed by atoms with van der Waals surface area (Å²) < 4.78 is 5.43. The van der Waals surface area contributed by atoms with Crippen molar-refractivity contribution in [1.82, 2.24) is 25.1 Å². The fourth-order valence-corrected chi connectivity index (χ4v) is 5.79. The molecule has 0 atom stereocenters. The number of hydrogen-bond donors (Lipinski definition) is 1. The molecule has 2 aromatic heterocycles. The number of rotatable bonds is 6. The third kappa shape index (κ3) is 4.18. The molecule has 2 aliphatic heterocycles. The summed E-state index contributed by atoms with van der Waals surface area (Å²) >= 11 is 3.28. The summed E-state index contributed by atoms with van der Waals surface area (Å²) in [7, 11) is 0. The second-order valence-corrected chi connectivity index (χ2v) is 10.4. The number of urea groups is 1. The summed E-state index contributed by atoms with van der Waals surface area (Å²) in [4.78, 5) is 40.1. The molecule has 2 aromatic rings. The van der Waals surface area contributed by atoms with Crippen LogP contribution in [0.1, 0.15) is 30.1 Å². The van der Waals surface area contributed by atoms with Gasteiger partial charge in [-0.25, -0.2) is 14.8 Å². The van der Waals surface area contributed by atoms with Crippen LogP contribution in [-0.2, 0) is 16.1 Å². The van der Waals surface area contributed by atoms with Crippen LogP contribution in [0.5, 0.6) is 0 Å². The van der Waals surface area contributed by atoms with E-state index in [1.54, 1.807) is 36.9 Å². The minimum atomic E-state index is -0.837. The number of aryl methyl sites for hydroxylation is 2. The quantitative estimate of drug-likeness (QED) is 0.412. The standard InChI is InChI=1S/C20H27N5O3S2/c1-12-13(2)30-17-15(12)16(21-14(22-17)11-24-5-8-28-9-6-24)29-10-7-25-18(26)20(3,4)23-19(25)27/h5-11H2,1-4H3,(H,23,27). The van der Waals surface area contributed by atoms with Gasteiger partial charge >= 0.3 is 6.03 Å². The van der Waals surface area contributed by atoms with E-state index in [2.05, 4.69) is 24.1 Å². The zero-order valence-electron chi connectivity index (χ0n) is 17.8. The Kier molecular flexibility index (Phi) is 6.02. The Morgan fingerprint density at radius 3 is 2.60 bits per heavy atom. The predicted molar refractivity (Wildman–Crippen MR) is 118 cm³/mol. The first-order valence-corrected chi connectivity index (χ1v) is 11.9. The van der Waals surface area contributed by atoms with Crippen LogP contribution in [0.4, 0.5) is 4.79 Å². The Balaban J connectivity index is 1.53. The average molecular weight is 450 g/mol. The number of fused-ring (bicyclic) bond motifs is 1. The number of nitrogens with zero attached hydrogens (tertiary/aromatic N) is 4. The Bertz CT molecular complexity index is 984. The van der Waals surface area contributed by atoms with Crippen molar-refractivity contribution in [2.75, 3.05) is 38.6 Å². The normalized spacial score (nSPS) is 19.7. The lowest BCUT2D eigenvalue weighted by Gasteiger charge is -2.25. The fraction of sp³-hybridized carbons (Fsp3) is 0.600. The Morgan fingerprint density at radius 2 is 1.93 bits per heavy atom. The van der Waals surface area contributed by atoms with Crippen LogP contribution in [0.15, 0.2) is 5.03 Å². The molecule has 4 heterocycles. The maximum Gasteiger partial charge on any atom is 0.325 e. The molecule has 2 fully saturated rings. The second kappa shape index (κ2) is 8.41. The highest BCUT2D eigenvalue weighted by Gasteiger charge is 2.43. The van der Waals surface area contributed by atoms with Crippen LogP contribution in [0.25, 0.3) is 10.2 Å². The monoisotopic (exact) mass is 449 g/mol. The van der Waals surface area contributed by atoms with E-state index in [9.17, 15) is 9.59 Å². The zero-order chi connectivity index (χ0) is 21.5. The maximum atomic E-state index is 12.4. The van der Waals surface area contributed by atoms with Gasteiger partial charge in [0.1, 0.15) is 21.2 Å². The van der Waals surface area contributed by atoms with Crippen molar-refractivity contribution >= 4 is 45.3 Å². The lowest BCUT2D eigenvalue weighted by atomic mass is 10.1. The Hall–Kier alpha value is -1.75. The van der Waals surface area contributed by atoms with E-state index in [0.29, 0.717) is 18.8 Å². The number of thiophene rings is 1. The second-order valence-electron chi connectivity index (χ2n) is 8.16. The van der Waals surface area contributed by atoms with E-state index < -0.39 is 5.54 Å². The number of carbonyl (C=O) groups excluding carboxylic acids is 2. The highest BCUT2D eigenvalue weighted by Crippen LogP contribution is 2.35. The van der Waals surface area contributed by atoms with E-state index in [0.717, 1.165) is 47.4 Å². The number of ether oxygens (including phenoxy) is 1.